The van der Waals surface area contributed by atoms with Crippen LogP contribution in [0.2, 0.25) is 0 Å². The molecular formula is C20H22N4O3. The van der Waals surface area contributed by atoms with Crippen molar-refractivity contribution in [3.63, 3.8) is 0 Å². The van der Waals surface area contributed by atoms with Gasteiger partial charge in [-0.3, -0.25) is 4.79 Å². The molecule has 0 aliphatic carbocycles. The van der Waals surface area contributed by atoms with Crippen LogP contribution >= 0.6 is 0 Å². The fraction of sp³-hybridized carbons (Fsp3) is 0.250. The van der Waals surface area contributed by atoms with Crippen molar-refractivity contribution < 1.29 is 14.3 Å². The molecule has 2 aromatic heterocycles. The molecule has 140 valence electrons. The maximum absolute atomic E-state index is 12.7. The minimum atomic E-state index is -0.304. The summed E-state index contributed by atoms with van der Waals surface area (Å²) >= 11 is 0. The van der Waals surface area contributed by atoms with Crippen LogP contribution in [0.15, 0.2) is 54.9 Å². The Balaban J connectivity index is 1.69. The van der Waals surface area contributed by atoms with E-state index in [1.54, 1.807) is 31.6 Å². The molecule has 0 radical (unpaired) electrons. The molecule has 2 heterocycles. The van der Waals surface area contributed by atoms with E-state index in [1.165, 1.54) is 0 Å². The second kappa shape index (κ2) is 8.95. The number of nitrogens with zero attached hydrogens (tertiary/aromatic N) is 2. The molecule has 0 spiro atoms. The predicted octanol–water partition coefficient (Wildman–Crippen LogP) is 2.99. The van der Waals surface area contributed by atoms with Gasteiger partial charge >= 0.3 is 0 Å². The van der Waals surface area contributed by atoms with E-state index in [0.717, 1.165) is 11.3 Å². The molecule has 1 amide bonds. The molecular weight excluding hydrogens is 344 g/mol. The van der Waals surface area contributed by atoms with E-state index in [1.807, 2.05) is 37.3 Å². The molecule has 3 aromatic rings. The van der Waals surface area contributed by atoms with Gasteiger partial charge in [0, 0.05) is 13.3 Å². The summed E-state index contributed by atoms with van der Waals surface area (Å²) < 4.78 is 10.5. The van der Waals surface area contributed by atoms with Gasteiger partial charge in [0.1, 0.15) is 18.0 Å². The van der Waals surface area contributed by atoms with Gasteiger partial charge in [-0.1, -0.05) is 30.3 Å². The number of hydrogen-bond acceptors (Lipinski definition) is 5. The fourth-order valence-corrected chi connectivity index (χ4v) is 2.56. The SMILES string of the molecule is COCCOc1ncccc1C(=O)NC(C)c1ncc(-c2ccccc2)[nH]1. The number of benzene rings is 1. The van der Waals surface area contributed by atoms with E-state index in [2.05, 4.69) is 20.3 Å². The van der Waals surface area contributed by atoms with Crippen molar-refractivity contribution in [1.82, 2.24) is 20.3 Å². The van der Waals surface area contributed by atoms with Crippen LogP contribution < -0.4 is 10.1 Å². The van der Waals surface area contributed by atoms with E-state index < -0.39 is 0 Å². The van der Waals surface area contributed by atoms with Crippen molar-refractivity contribution in [2.24, 2.45) is 0 Å². The van der Waals surface area contributed by atoms with Gasteiger partial charge in [-0.15, -0.1) is 0 Å². The summed E-state index contributed by atoms with van der Waals surface area (Å²) in [5.41, 5.74) is 2.31. The lowest BCUT2D eigenvalue weighted by atomic mass is 10.2. The molecule has 0 saturated carbocycles. The van der Waals surface area contributed by atoms with E-state index in [0.29, 0.717) is 24.6 Å². The number of amides is 1. The van der Waals surface area contributed by atoms with Crippen LogP contribution in [-0.4, -0.2) is 41.2 Å². The quantitative estimate of drug-likeness (QED) is 0.598. The van der Waals surface area contributed by atoms with Crippen LogP contribution in [0, 0.1) is 0 Å². The van der Waals surface area contributed by atoms with Gasteiger partial charge < -0.3 is 19.8 Å². The first kappa shape index (κ1) is 18.6. The largest absolute Gasteiger partial charge is 0.475 e. The minimum absolute atomic E-state index is 0.277. The van der Waals surface area contributed by atoms with Crippen molar-refractivity contribution in [2.45, 2.75) is 13.0 Å². The fourth-order valence-electron chi connectivity index (χ4n) is 2.56. The van der Waals surface area contributed by atoms with Gasteiger partial charge in [0.15, 0.2) is 0 Å². The summed E-state index contributed by atoms with van der Waals surface area (Å²) in [6.07, 6.45) is 3.34. The van der Waals surface area contributed by atoms with Crippen molar-refractivity contribution in [1.29, 1.82) is 0 Å². The third kappa shape index (κ3) is 4.71. The number of imidazole rings is 1. The Morgan fingerprint density at radius 2 is 1.96 bits per heavy atom. The topological polar surface area (TPSA) is 89.1 Å². The summed E-state index contributed by atoms with van der Waals surface area (Å²) in [4.78, 5) is 24.4. The van der Waals surface area contributed by atoms with E-state index in [4.69, 9.17) is 9.47 Å². The number of nitrogens with one attached hydrogen (secondary N) is 2. The van der Waals surface area contributed by atoms with Crippen LogP contribution in [0.1, 0.15) is 29.1 Å². The van der Waals surface area contributed by atoms with E-state index in [-0.39, 0.29) is 17.8 Å². The van der Waals surface area contributed by atoms with E-state index in [9.17, 15) is 4.79 Å². The molecule has 7 heteroatoms. The number of methoxy groups -OCH3 is 1. The van der Waals surface area contributed by atoms with Gasteiger partial charge in [0.05, 0.1) is 24.5 Å². The second-order valence-corrected chi connectivity index (χ2v) is 5.94. The Bertz CT molecular complexity index is 880. The van der Waals surface area contributed by atoms with Crippen molar-refractivity contribution in [3.05, 3.63) is 66.2 Å². The molecule has 1 unspecified atom stereocenters. The van der Waals surface area contributed by atoms with Gasteiger partial charge in [0.2, 0.25) is 5.88 Å². The maximum atomic E-state index is 12.7. The van der Waals surface area contributed by atoms with Crippen molar-refractivity contribution >= 4 is 5.91 Å². The number of H-pyrrole nitrogens is 1. The van der Waals surface area contributed by atoms with E-state index >= 15 is 0 Å². The average Bonchev–Trinajstić information content (AvgIpc) is 3.20. The normalized spacial score (nSPS) is 11.8. The molecule has 3 rings (SSSR count). The molecule has 27 heavy (non-hydrogen) atoms. The number of aromatic amines is 1. The first-order chi connectivity index (χ1) is 13.2. The molecule has 0 fully saturated rings. The zero-order valence-corrected chi connectivity index (χ0v) is 15.3. The number of carbonyl (C=O) groups is 1. The van der Waals surface area contributed by atoms with Gasteiger partial charge in [0.25, 0.3) is 5.91 Å². The zero-order valence-electron chi connectivity index (χ0n) is 15.3. The summed E-state index contributed by atoms with van der Waals surface area (Å²) in [6.45, 7) is 2.61. The van der Waals surface area contributed by atoms with Gasteiger partial charge in [-0.25, -0.2) is 9.97 Å². The first-order valence-corrected chi connectivity index (χ1v) is 8.67. The van der Waals surface area contributed by atoms with Crippen molar-refractivity contribution in [3.8, 4) is 17.1 Å². The Hall–Kier alpha value is -3.19. The zero-order chi connectivity index (χ0) is 19.1. The average molecular weight is 366 g/mol. The lowest BCUT2D eigenvalue weighted by molar-refractivity contribution is 0.0929. The first-order valence-electron chi connectivity index (χ1n) is 8.67. The lowest BCUT2D eigenvalue weighted by Crippen LogP contribution is -2.28. The highest BCUT2D eigenvalue weighted by atomic mass is 16.5. The molecule has 1 aromatic carbocycles. The number of carbonyl (C=O) groups excluding carboxylic acids is 1. The number of ether oxygens (including phenoxy) is 2. The molecule has 1 atom stereocenters. The molecule has 7 nitrogen and oxygen atoms in total. The number of hydrogen-bond donors (Lipinski definition) is 2. The van der Waals surface area contributed by atoms with Crippen LogP contribution in [-0.2, 0) is 4.74 Å². The predicted molar refractivity (Wildman–Crippen MR) is 102 cm³/mol. The second-order valence-electron chi connectivity index (χ2n) is 5.94. The Kier molecular flexibility index (Phi) is 6.17. The third-order valence-corrected chi connectivity index (χ3v) is 3.98. The number of aromatic nitrogens is 3. The highest BCUT2D eigenvalue weighted by Gasteiger charge is 2.18. The molecule has 0 bridgehead atoms. The minimum Gasteiger partial charge on any atom is -0.475 e. The smallest absolute Gasteiger partial charge is 0.257 e. The monoisotopic (exact) mass is 366 g/mol. The highest BCUT2D eigenvalue weighted by Crippen LogP contribution is 2.20. The standard InChI is InChI=1S/C20H22N4O3/c1-14(18-22-13-17(24-18)15-7-4-3-5-8-15)23-19(25)16-9-6-10-21-20(16)27-12-11-26-2/h3-10,13-14H,11-12H2,1-2H3,(H,22,24)(H,23,25). The summed E-state index contributed by atoms with van der Waals surface area (Å²) in [5.74, 6) is 0.678. The summed E-state index contributed by atoms with van der Waals surface area (Å²) in [5, 5.41) is 2.92. The van der Waals surface area contributed by atoms with Crippen LogP contribution in [0.5, 0.6) is 5.88 Å². The highest BCUT2D eigenvalue weighted by molar-refractivity contribution is 5.96. The molecule has 2 N–H and O–H groups in total. The Morgan fingerprint density at radius 1 is 1.15 bits per heavy atom. The third-order valence-electron chi connectivity index (χ3n) is 3.98. The lowest BCUT2D eigenvalue weighted by Gasteiger charge is -2.14. The van der Waals surface area contributed by atoms with Crippen LogP contribution in [0.3, 0.4) is 0 Å². The Labute approximate surface area is 157 Å². The molecule has 0 aliphatic heterocycles. The van der Waals surface area contributed by atoms with Gasteiger partial charge in [-0.2, -0.15) is 0 Å². The molecule has 0 saturated heterocycles. The van der Waals surface area contributed by atoms with Crippen LogP contribution in [0.25, 0.3) is 11.3 Å². The molecule has 0 aliphatic rings. The number of pyridine rings is 1. The maximum Gasteiger partial charge on any atom is 0.257 e. The Morgan fingerprint density at radius 3 is 2.74 bits per heavy atom. The summed E-state index contributed by atoms with van der Waals surface area (Å²) in [6, 6.07) is 13.0. The van der Waals surface area contributed by atoms with Gasteiger partial charge in [-0.05, 0) is 24.6 Å². The summed E-state index contributed by atoms with van der Waals surface area (Å²) in [7, 11) is 1.59. The van der Waals surface area contributed by atoms with Crippen molar-refractivity contribution in [2.75, 3.05) is 20.3 Å². The van der Waals surface area contributed by atoms with Crippen LogP contribution in [0.4, 0.5) is 0 Å². The number of rotatable bonds is 8.